The molecular formula is C15H20N2O. The largest absolute Gasteiger partial charge is 0.395 e. The average molecular weight is 244 g/mol. The molecule has 0 spiro atoms. The Morgan fingerprint density at radius 3 is 2.94 bits per heavy atom. The Hall–Kier alpha value is -1.37. The molecule has 0 aliphatic carbocycles. The van der Waals surface area contributed by atoms with Crippen LogP contribution >= 0.6 is 0 Å². The molecule has 1 fully saturated rings. The monoisotopic (exact) mass is 244 g/mol. The van der Waals surface area contributed by atoms with Crippen LogP contribution in [0.5, 0.6) is 0 Å². The maximum Gasteiger partial charge on any atom is 0.0994 e. The van der Waals surface area contributed by atoms with Crippen molar-refractivity contribution in [2.75, 3.05) is 19.7 Å². The molecule has 1 heterocycles. The second kappa shape index (κ2) is 6.53. The standard InChI is InChI=1S/C15H20N2O/c16-11-14-6-2-1-5-13(14)8-10-17-9-4-3-7-15(17)12-18/h1-2,5-6,15,18H,3-4,7-10,12H2/t15-/m0/s1. The SMILES string of the molecule is N#Cc1ccccc1CCN1CCCC[C@H]1CO. The first-order valence-corrected chi connectivity index (χ1v) is 6.68. The molecule has 0 unspecified atom stereocenters. The molecule has 3 nitrogen and oxygen atoms in total. The predicted molar refractivity (Wildman–Crippen MR) is 71.2 cm³/mol. The molecule has 1 aromatic carbocycles. The first kappa shape index (κ1) is 13.1. The quantitative estimate of drug-likeness (QED) is 0.880. The van der Waals surface area contributed by atoms with Crippen LogP contribution in [0.1, 0.15) is 30.4 Å². The molecule has 1 saturated heterocycles. The van der Waals surface area contributed by atoms with Crippen molar-refractivity contribution in [2.45, 2.75) is 31.7 Å². The molecule has 18 heavy (non-hydrogen) atoms. The van der Waals surface area contributed by atoms with E-state index in [2.05, 4.69) is 11.0 Å². The highest BCUT2D eigenvalue weighted by molar-refractivity contribution is 5.37. The number of rotatable bonds is 4. The van der Waals surface area contributed by atoms with Crippen molar-refractivity contribution in [3.63, 3.8) is 0 Å². The predicted octanol–water partition coefficient (Wildman–Crippen LogP) is 1.95. The Bertz CT molecular complexity index is 425. The first-order chi connectivity index (χ1) is 8.85. The lowest BCUT2D eigenvalue weighted by molar-refractivity contribution is 0.0913. The van der Waals surface area contributed by atoms with Gasteiger partial charge < -0.3 is 5.11 Å². The molecule has 2 rings (SSSR count). The Kier molecular flexibility index (Phi) is 4.74. The third-order valence-electron chi connectivity index (χ3n) is 3.77. The third kappa shape index (κ3) is 3.10. The van der Waals surface area contributed by atoms with Gasteiger partial charge in [-0.2, -0.15) is 5.26 Å². The van der Waals surface area contributed by atoms with Crippen LogP contribution in [0.25, 0.3) is 0 Å². The summed E-state index contributed by atoms with van der Waals surface area (Å²) < 4.78 is 0. The minimum absolute atomic E-state index is 0.250. The van der Waals surface area contributed by atoms with Gasteiger partial charge in [0.2, 0.25) is 0 Å². The molecule has 0 aromatic heterocycles. The summed E-state index contributed by atoms with van der Waals surface area (Å²) >= 11 is 0. The summed E-state index contributed by atoms with van der Waals surface area (Å²) in [5, 5.41) is 18.4. The molecule has 1 aromatic rings. The highest BCUT2D eigenvalue weighted by atomic mass is 16.3. The van der Waals surface area contributed by atoms with Crippen molar-refractivity contribution in [3.8, 4) is 6.07 Å². The lowest BCUT2D eigenvalue weighted by atomic mass is 10.0. The number of piperidine rings is 1. The van der Waals surface area contributed by atoms with Crippen molar-refractivity contribution in [1.29, 1.82) is 5.26 Å². The maximum absolute atomic E-state index is 9.37. The van der Waals surface area contributed by atoms with E-state index in [-0.39, 0.29) is 6.61 Å². The van der Waals surface area contributed by atoms with Crippen LogP contribution in [0.3, 0.4) is 0 Å². The van der Waals surface area contributed by atoms with Crippen molar-refractivity contribution >= 4 is 0 Å². The second-order valence-electron chi connectivity index (χ2n) is 4.89. The van der Waals surface area contributed by atoms with Gasteiger partial charge in [-0.1, -0.05) is 24.6 Å². The zero-order valence-electron chi connectivity index (χ0n) is 10.7. The van der Waals surface area contributed by atoms with E-state index in [0.29, 0.717) is 6.04 Å². The van der Waals surface area contributed by atoms with Crippen LogP contribution in [0.2, 0.25) is 0 Å². The van der Waals surface area contributed by atoms with Gasteiger partial charge in [-0.15, -0.1) is 0 Å². The summed E-state index contributed by atoms with van der Waals surface area (Å²) in [4.78, 5) is 2.36. The third-order valence-corrected chi connectivity index (χ3v) is 3.77. The van der Waals surface area contributed by atoms with Crippen LogP contribution in [-0.2, 0) is 6.42 Å². The molecule has 0 radical (unpaired) electrons. The van der Waals surface area contributed by atoms with Gasteiger partial charge in [0.15, 0.2) is 0 Å². The van der Waals surface area contributed by atoms with Crippen molar-refractivity contribution in [1.82, 2.24) is 4.90 Å². The Morgan fingerprint density at radius 2 is 2.17 bits per heavy atom. The topological polar surface area (TPSA) is 47.3 Å². The molecule has 0 bridgehead atoms. The van der Waals surface area contributed by atoms with Crippen molar-refractivity contribution < 1.29 is 5.11 Å². The summed E-state index contributed by atoms with van der Waals surface area (Å²) in [7, 11) is 0. The van der Waals surface area contributed by atoms with Gasteiger partial charge in [0, 0.05) is 12.6 Å². The fourth-order valence-electron chi connectivity index (χ4n) is 2.67. The van der Waals surface area contributed by atoms with Crippen LogP contribution in [-0.4, -0.2) is 35.7 Å². The maximum atomic E-state index is 9.37. The molecule has 96 valence electrons. The van der Waals surface area contributed by atoms with Gasteiger partial charge in [-0.3, -0.25) is 4.90 Å². The van der Waals surface area contributed by atoms with E-state index in [1.165, 1.54) is 12.8 Å². The zero-order chi connectivity index (χ0) is 12.8. The van der Waals surface area contributed by atoms with Crippen LogP contribution in [0.15, 0.2) is 24.3 Å². The highest BCUT2D eigenvalue weighted by Gasteiger charge is 2.21. The normalized spacial score (nSPS) is 20.6. The summed E-state index contributed by atoms with van der Waals surface area (Å²) in [5.74, 6) is 0. The second-order valence-corrected chi connectivity index (χ2v) is 4.89. The van der Waals surface area contributed by atoms with E-state index in [4.69, 9.17) is 5.26 Å². The number of benzene rings is 1. The van der Waals surface area contributed by atoms with Crippen LogP contribution < -0.4 is 0 Å². The Morgan fingerprint density at radius 1 is 1.33 bits per heavy atom. The minimum atomic E-state index is 0.250. The van der Waals surface area contributed by atoms with Gasteiger partial charge in [0.25, 0.3) is 0 Å². The Labute approximate surface area is 109 Å². The molecule has 0 amide bonds. The average Bonchev–Trinajstić information content (AvgIpc) is 2.45. The molecule has 3 heteroatoms. The van der Waals surface area contributed by atoms with E-state index < -0.39 is 0 Å². The van der Waals surface area contributed by atoms with Gasteiger partial charge in [-0.05, 0) is 37.4 Å². The molecule has 1 N–H and O–H groups in total. The number of hydrogen-bond acceptors (Lipinski definition) is 3. The van der Waals surface area contributed by atoms with Crippen LogP contribution in [0, 0.1) is 11.3 Å². The van der Waals surface area contributed by atoms with Gasteiger partial charge in [0.1, 0.15) is 0 Å². The van der Waals surface area contributed by atoms with E-state index in [9.17, 15) is 5.11 Å². The number of hydrogen-bond donors (Lipinski definition) is 1. The molecular weight excluding hydrogens is 224 g/mol. The summed E-state index contributed by atoms with van der Waals surface area (Å²) in [6.45, 7) is 2.25. The fourth-order valence-corrected chi connectivity index (χ4v) is 2.67. The number of likely N-dealkylation sites (tertiary alicyclic amines) is 1. The smallest absolute Gasteiger partial charge is 0.0994 e. The lowest BCUT2D eigenvalue weighted by Gasteiger charge is -2.34. The fraction of sp³-hybridized carbons (Fsp3) is 0.533. The number of aliphatic hydroxyl groups excluding tert-OH is 1. The number of nitriles is 1. The van der Waals surface area contributed by atoms with E-state index in [0.717, 1.165) is 37.1 Å². The van der Waals surface area contributed by atoms with E-state index in [1.807, 2.05) is 24.3 Å². The zero-order valence-corrected chi connectivity index (χ0v) is 10.7. The van der Waals surface area contributed by atoms with E-state index >= 15 is 0 Å². The number of aliphatic hydroxyl groups is 1. The van der Waals surface area contributed by atoms with Gasteiger partial charge >= 0.3 is 0 Å². The van der Waals surface area contributed by atoms with Gasteiger partial charge in [0.05, 0.1) is 18.2 Å². The lowest BCUT2D eigenvalue weighted by Crippen LogP contribution is -2.42. The molecule has 1 atom stereocenters. The highest BCUT2D eigenvalue weighted by Crippen LogP contribution is 2.17. The van der Waals surface area contributed by atoms with Gasteiger partial charge in [-0.25, -0.2) is 0 Å². The summed E-state index contributed by atoms with van der Waals surface area (Å²) in [6.07, 6.45) is 4.42. The van der Waals surface area contributed by atoms with Crippen molar-refractivity contribution in [2.24, 2.45) is 0 Å². The molecule has 1 aliphatic heterocycles. The number of nitrogens with zero attached hydrogens (tertiary/aromatic N) is 2. The Balaban J connectivity index is 1.96. The summed E-state index contributed by atoms with van der Waals surface area (Å²) in [5.41, 5.74) is 1.89. The molecule has 0 saturated carbocycles. The van der Waals surface area contributed by atoms with Crippen molar-refractivity contribution in [3.05, 3.63) is 35.4 Å². The van der Waals surface area contributed by atoms with Crippen LogP contribution in [0.4, 0.5) is 0 Å². The minimum Gasteiger partial charge on any atom is -0.395 e. The molecule has 1 aliphatic rings. The van der Waals surface area contributed by atoms with E-state index in [1.54, 1.807) is 0 Å². The summed E-state index contributed by atoms with van der Waals surface area (Å²) in [6, 6.07) is 10.3. The first-order valence-electron chi connectivity index (χ1n) is 6.68.